The van der Waals surface area contributed by atoms with E-state index < -0.39 is 23.9 Å². The fourth-order valence-corrected chi connectivity index (χ4v) is 5.32. The van der Waals surface area contributed by atoms with Gasteiger partial charge in [0.05, 0.1) is 17.4 Å². The van der Waals surface area contributed by atoms with Gasteiger partial charge in [-0.1, -0.05) is 84.9 Å². The Hall–Kier alpha value is -4.83. The van der Waals surface area contributed by atoms with Crippen molar-refractivity contribution < 1.29 is 27.9 Å². The molecule has 1 aliphatic heterocycles. The van der Waals surface area contributed by atoms with Crippen LogP contribution >= 0.6 is 0 Å². The molecule has 0 radical (unpaired) electrons. The highest BCUT2D eigenvalue weighted by Crippen LogP contribution is 2.28. The molecule has 7 nitrogen and oxygen atoms in total. The van der Waals surface area contributed by atoms with Crippen LogP contribution in [-0.2, 0) is 28.7 Å². The predicted molar refractivity (Wildman–Crippen MR) is 161 cm³/mol. The number of amides is 1. The Labute approximate surface area is 253 Å². The van der Waals surface area contributed by atoms with Crippen LogP contribution in [0.5, 0.6) is 0 Å². The number of anilines is 1. The monoisotopic (exact) mass is 600 g/mol. The molecule has 4 aromatic rings. The zero-order chi connectivity index (χ0) is 31.1. The summed E-state index contributed by atoms with van der Waals surface area (Å²) >= 11 is 0. The molecular weight excluding hydrogens is 569 g/mol. The van der Waals surface area contributed by atoms with Crippen molar-refractivity contribution in [1.82, 2.24) is 9.88 Å². The highest BCUT2D eigenvalue weighted by atomic mass is 19.4. The maximum atomic E-state index is 13.6. The van der Waals surface area contributed by atoms with Gasteiger partial charge in [-0.15, -0.1) is 0 Å². The first-order valence-corrected chi connectivity index (χ1v) is 14.3. The van der Waals surface area contributed by atoms with Crippen LogP contribution in [0.2, 0.25) is 0 Å². The minimum atomic E-state index is -4.60. The molecular formula is C34H31F3N4O3. The summed E-state index contributed by atoms with van der Waals surface area (Å²) in [7, 11) is 0. The Bertz CT molecular complexity index is 1610. The Morgan fingerprint density at radius 2 is 1.61 bits per heavy atom. The van der Waals surface area contributed by atoms with E-state index in [-0.39, 0.29) is 18.4 Å². The van der Waals surface area contributed by atoms with E-state index in [0.29, 0.717) is 41.1 Å². The van der Waals surface area contributed by atoms with Crippen molar-refractivity contribution in [3.63, 3.8) is 0 Å². The van der Waals surface area contributed by atoms with Crippen molar-refractivity contribution in [3.05, 3.63) is 131 Å². The molecule has 5 rings (SSSR count). The molecule has 0 unspecified atom stereocenters. The lowest BCUT2D eigenvalue weighted by molar-refractivity contribution is -0.141. The van der Waals surface area contributed by atoms with Gasteiger partial charge in [-0.2, -0.15) is 13.2 Å². The number of alkyl halides is 3. The van der Waals surface area contributed by atoms with E-state index in [1.807, 2.05) is 36.4 Å². The number of rotatable bonds is 10. The largest absolute Gasteiger partial charge is 0.480 e. The first-order valence-electron chi connectivity index (χ1n) is 14.3. The highest BCUT2D eigenvalue weighted by Gasteiger charge is 2.33. The van der Waals surface area contributed by atoms with Crippen molar-refractivity contribution >= 4 is 23.3 Å². The number of nitrogens with one attached hydrogen (secondary N) is 1. The molecule has 44 heavy (non-hydrogen) atoms. The van der Waals surface area contributed by atoms with Crippen molar-refractivity contribution in [3.8, 4) is 0 Å². The third-order valence-electron chi connectivity index (χ3n) is 7.50. The summed E-state index contributed by atoms with van der Waals surface area (Å²) in [5.74, 6) is -1.41. The molecule has 0 saturated carbocycles. The van der Waals surface area contributed by atoms with Crippen LogP contribution in [0.25, 0.3) is 0 Å². The van der Waals surface area contributed by atoms with Crippen molar-refractivity contribution in [2.24, 2.45) is 4.99 Å². The molecule has 1 aromatic heterocycles. The number of aliphatic imine (C=N–C) groups is 1. The molecule has 1 saturated heterocycles. The number of aromatic nitrogens is 1. The van der Waals surface area contributed by atoms with Gasteiger partial charge in [0.1, 0.15) is 5.69 Å². The summed E-state index contributed by atoms with van der Waals surface area (Å²) in [6.07, 6.45) is -2.16. The van der Waals surface area contributed by atoms with Crippen molar-refractivity contribution in [2.75, 3.05) is 11.9 Å². The van der Waals surface area contributed by atoms with Gasteiger partial charge in [0.15, 0.2) is 6.04 Å². The molecule has 2 atom stereocenters. The van der Waals surface area contributed by atoms with Crippen molar-refractivity contribution in [2.45, 2.75) is 44.1 Å². The molecule has 1 aliphatic rings. The number of hydrogen-bond donors (Lipinski definition) is 2. The molecule has 0 aliphatic carbocycles. The van der Waals surface area contributed by atoms with E-state index >= 15 is 0 Å². The maximum Gasteiger partial charge on any atom is 0.433 e. The van der Waals surface area contributed by atoms with Gasteiger partial charge in [0, 0.05) is 30.3 Å². The number of carboxylic acids is 1. The van der Waals surface area contributed by atoms with Gasteiger partial charge in [0.25, 0.3) is 0 Å². The Kier molecular flexibility index (Phi) is 9.50. The Balaban J connectivity index is 1.44. The van der Waals surface area contributed by atoms with E-state index in [9.17, 15) is 27.9 Å². The second kappa shape index (κ2) is 13.6. The number of halogens is 3. The molecule has 3 aromatic carbocycles. The molecule has 1 fully saturated rings. The van der Waals surface area contributed by atoms with Crippen LogP contribution in [0.1, 0.15) is 40.8 Å². The smallest absolute Gasteiger partial charge is 0.433 e. The van der Waals surface area contributed by atoms with Crippen LogP contribution in [-0.4, -0.2) is 51.2 Å². The number of nitrogens with zero attached hydrogens (tertiary/aromatic N) is 3. The quantitative estimate of drug-likeness (QED) is 0.210. The van der Waals surface area contributed by atoms with Gasteiger partial charge >= 0.3 is 12.1 Å². The topological polar surface area (TPSA) is 94.9 Å². The molecule has 0 spiro atoms. The van der Waals surface area contributed by atoms with Gasteiger partial charge in [-0.05, 0) is 42.6 Å². The zero-order valence-corrected chi connectivity index (χ0v) is 23.7. The molecule has 1 amide bonds. The lowest BCUT2D eigenvalue weighted by Gasteiger charge is -2.24. The number of likely N-dealkylation sites (tertiary alicyclic amines) is 1. The summed E-state index contributed by atoms with van der Waals surface area (Å²) in [6.45, 7) is 1.45. The van der Waals surface area contributed by atoms with Crippen LogP contribution in [0.3, 0.4) is 0 Å². The molecule has 2 N–H and O–H groups in total. The second-order valence-corrected chi connectivity index (χ2v) is 10.6. The van der Waals surface area contributed by atoms with Crippen molar-refractivity contribution in [1.29, 1.82) is 0 Å². The number of carboxylic acid groups (broad SMARTS) is 1. The zero-order valence-electron chi connectivity index (χ0n) is 23.7. The van der Waals surface area contributed by atoms with Crippen LogP contribution in [0, 0.1) is 0 Å². The van der Waals surface area contributed by atoms with Gasteiger partial charge < -0.3 is 10.4 Å². The Morgan fingerprint density at radius 1 is 0.932 bits per heavy atom. The summed E-state index contributed by atoms with van der Waals surface area (Å²) in [5, 5.41) is 13.2. The van der Waals surface area contributed by atoms with Crippen LogP contribution in [0.4, 0.5) is 18.9 Å². The molecule has 226 valence electrons. The van der Waals surface area contributed by atoms with E-state index in [0.717, 1.165) is 30.8 Å². The average Bonchev–Trinajstić information content (AvgIpc) is 3.48. The fourth-order valence-electron chi connectivity index (χ4n) is 5.32. The maximum absolute atomic E-state index is 13.6. The fraction of sp³-hybridized carbons (Fsp3) is 0.235. The third kappa shape index (κ3) is 7.57. The van der Waals surface area contributed by atoms with Crippen LogP contribution < -0.4 is 5.32 Å². The average molecular weight is 601 g/mol. The van der Waals surface area contributed by atoms with Gasteiger partial charge in [-0.25, -0.2) is 4.79 Å². The van der Waals surface area contributed by atoms with E-state index in [1.165, 1.54) is 6.07 Å². The summed E-state index contributed by atoms with van der Waals surface area (Å²) in [6, 6.07) is 26.4. The van der Waals surface area contributed by atoms with E-state index in [1.54, 1.807) is 48.5 Å². The molecule has 0 bridgehead atoms. The normalized spacial score (nSPS) is 16.4. The number of carbonyl (C=O) groups excluding carboxylic acids is 1. The van der Waals surface area contributed by atoms with Gasteiger partial charge in [0.2, 0.25) is 5.91 Å². The number of carbonyl (C=O) groups is 2. The molecule has 10 heteroatoms. The lowest BCUT2D eigenvalue weighted by Crippen LogP contribution is -2.39. The standard InChI is InChI=1S/C34H31F3N4O3/c35-34(36,37)30-18-17-24(21-38-30)20-28(33(43)44)39-31(25-12-5-2-6-13-25)26-14-7-8-15-27(26)40-32(42)29-16-9-19-41(29)22-23-10-3-1-4-11-23/h1-8,10-15,17-18,21,28-29H,9,16,19-20,22H2,(H,40,42)(H,43,44)/t28-,29-/m0/s1. The number of aliphatic carboxylic acids is 1. The highest BCUT2D eigenvalue weighted by molar-refractivity contribution is 6.17. The minimum Gasteiger partial charge on any atom is -0.480 e. The number of pyridine rings is 1. The van der Waals surface area contributed by atoms with Crippen LogP contribution in [0.15, 0.2) is 108 Å². The summed E-state index contributed by atoms with van der Waals surface area (Å²) in [5.41, 5.74) is 2.31. The molecule has 2 heterocycles. The third-order valence-corrected chi connectivity index (χ3v) is 7.50. The first kappa shape index (κ1) is 30.6. The summed E-state index contributed by atoms with van der Waals surface area (Å²) < 4.78 is 39.0. The van der Waals surface area contributed by atoms with E-state index in [4.69, 9.17) is 0 Å². The predicted octanol–water partition coefficient (Wildman–Crippen LogP) is 6.24. The number of para-hydroxylation sites is 1. The summed E-state index contributed by atoms with van der Waals surface area (Å²) in [4.78, 5) is 36.2. The SMILES string of the molecule is O=C(O)[C@H](Cc1ccc(C(F)(F)F)nc1)N=C(c1ccccc1)c1ccccc1NC(=O)[C@@H]1CCCN1Cc1ccccc1. The van der Waals surface area contributed by atoms with Gasteiger partial charge in [-0.3, -0.25) is 19.7 Å². The second-order valence-electron chi connectivity index (χ2n) is 10.6. The first-order chi connectivity index (χ1) is 21.2. The van der Waals surface area contributed by atoms with E-state index in [2.05, 4.69) is 20.2 Å². The number of benzene rings is 3. The Morgan fingerprint density at radius 3 is 2.27 bits per heavy atom. The minimum absolute atomic E-state index is 0.163. The number of hydrogen-bond acceptors (Lipinski definition) is 5. The lowest BCUT2D eigenvalue weighted by atomic mass is 9.99.